The molecule has 0 aromatic rings. The van der Waals surface area contributed by atoms with Crippen molar-refractivity contribution in [2.75, 3.05) is 0 Å². The van der Waals surface area contributed by atoms with Crippen LogP contribution in [0.1, 0.15) is 19.3 Å². The van der Waals surface area contributed by atoms with Gasteiger partial charge in [0.2, 0.25) is 0 Å². The van der Waals surface area contributed by atoms with E-state index in [9.17, 15) is 4.39 Å². The number of hydrogen-bond donors (Lipinski definition) is 0. The van der Waals surface area contributed by atoms with Crippen molar-refractivity contribution in [3.8, 4) is 0 Å². The molecule has 0 bridgehead atoms. The molecule has 0 saturated heterocycles. The van der Waals surface area contributed by atoms with Crippen LogP contribution in [0.2, 0.25) is 0 Å². The van der Waals surface area contributed by atoms with E-state index in [1.807, 2.05) is 0 Å². The molecule has 6 heavy (non-hydrogen) atoms. The molecule has 0 aromatic heterocycles. The van der Waals surface area contributed by atoms with Crippen molar-refractivity contribution in [1.29, 1.82) is 0 Å². The molecule has 35 valence electrons. The minimum atomic E-state index is 0.434. The van der Waals surface area contributed by atoms with E-state index in [-0.39, 0.29) is 0 Å². The summed E-state index contributed by atoms with van der Waals surface area (Å²) in [6.45, 7) is 5.05. The molecule has 0 nitrogen and oxygen atoms in total. The number of rotatable bonds is 3. The van der Waals surface area contributed by atoms with Crippen LogP contribution in [0.15, 0.2) is 0 Å². The first-order chi connectivity index (χ1) is 2.91. The minimum Gasteiger partial charge on any atom is -0.236 e. The molecule has 0 rings (SSSR count). The molecule has 0 amide bonds. The first kappa shape index (κ1) is 5.93. The first-order valence-electron chi connectivity index (χ1n) is 2.04. The van der Waals surface area contributed by atoms with E-state index in [2.05, 4.69) is 6.92 Å². The quantitative estimate of drug-likeness (QED) is 0.462. The molecule has 0 fully saturated rings. The van der Waals surface area contributed by atoms with E-state index >= 15 is 0 Å². The Morgan fingerprint density at radius 1 is 1.67 bits per heavy atom. The van der Waals surface area contributed by atoms with Crippen molar-refractivity contribution in [3.05, 3.63) is 13.6 Å². The average molecular weight is 87.1 g/mol. The SMILES string of the molecule is [CH2]CCC[C]F. The molecule has 0 N–H and O–H groups in total. The van der Waals surface area contributed by atoms with Gasteiger partial charge < -0.3 is 0 Å². The number of halogens is 1. The van der Waals surface area contributed by atoms with E-state index in [1.54, 1.807) is 0 Å². The Bertz CT molecular complexity index is 15.9. The predicted molar refractivity (Wildman–Crippen MR) is 23.6 cm³/mol. The summed E-state index contributed by atoms with van der Waals surface area (Å²) in [4.78, 5) is 0. The Kier molecular flexibility index (Phi) is 4.87. The molecule has 0 atom stereocenters. The third kappa shape index (κ3) is 3.93. The van der Waals surface area contributed by atoms with Crippen molar-refractivity contribution in [2.45, 2.75) is 19.3 Å². The first-order valence-corrected chi connectivity index (χ1v) is 2.04. The number of unbranched alkanes of at least 4 members (excludes halogenated alkanes) is 2. The molecule has 0 aliphatic carbocycles. The highest BCUT2D eigenvalue weighted by atomic mass is 19.1. The second-order valence-corrected chi connectivity index (χ2v) is 1.09. The van der Waals surface area contributed by atoms with Gasteiger partial charge in [-0.15, -0.1) is 0 Å². The highest BCUT2D eigenvalue weighted by Gasteiger charge is 1.80. The summed E-state index contributed by atoms with van der Waals surface area (Å²) in [6, 6.07) is 0. The summed E-state index contributed by atoms with van der Waals surface area (Å²) in [6.07, 6.45) is 2.05. The third-order valence-electron chi connectivity index (χ3n) is 0.521. The highest BCUT2D eigenvalue weighted by molar-refractivity contribution is 4.48. The summed E-state index contributed by atoms with van der Waals surface area (Å²) in [5.41, 5.74) is 0. The summed E-state index contributed by atoms with van der Waals surface area (Å²) in [7, 11) is 0. The monoisotopic (exact) mass is 87.1 g/mol. The Morgan fingerprint density at radius 3 is 2.50 bits per heavy atom. The van der Waals surface area contributed by atoms with Crippen LogP contribution in [0, 0.1) is 13.6 Å². The van der Waals surface area contributed by atoms with Crippen molar-refractivity contribution < 1.29 is 4.39 Å². The summed E-state index contributed by atoms with van der Waals surface area (Å²) in [5.74, 6) is 0. The van der Waals surface area contributed by atoms with Crippen LogP contribution in [0.25, 0.3) is 0 Å². The van der Waals surface area contributed by atoms with E-state index in [0.29, 0.717) is 6.42 Å². The Balaban J connectivity index is 2.34. The van der Waals surface area contributed by atoms with Crippen LogP contribution in [-0.2, 0) is 0 Å². The van der Waals surface area contributed by atoms with Gasteiger partial charge in [0, 0.05) is 0 Å². The largest absolute Gasteiger partial charge is 0.236 e. The molecule has 0 aliphatic heterocycles. The maximum atomic E-state index is 10.9. The van der Waals surface area contributed by atoms with E-state index in [0.717, 1.165) is 12.8 Å². The molecule has 0 aromatic carbocycles. The van der Waals surface area contributed by atoms with Gasteiger partial charge in [0.15, 0.2) is 6.67 Å². The second kappa shape index (κ2) is 4.93. The standard InChI is InChI=1S/C5H8F/c1-2-3-4-5-6/h1-4H2. The normalized spacial score (nSPS) is 9.00. The van der Waals surface area contributed by atoms with Crippen molar-refractivity contribution in [2.24, 2.45) is 0 Å². The lowest BCUT2D eigenvalue weighted by Crippen LogP contribution is -1.66. The van der Waals surface area contributed by atoms with Crippen molar-refractivity contribution in [1.82, 2.24) is 0 Å². The van der Waals surface area contributed by atoms with Gasteiger partial charge in [0.1, 0.15) is 0 Å². The smallest absolute Gasteiger partial charge is 0.185 e. The van der Waals surface area contributed by atoms with Gasteiger partial charge in [-0.2, -0.15) is 0 Å². The predicted octanol–water partition coefficient (Wildman–Crippen LogP) is 2.00. The molecule has 0 heterocycles. The highest BCUT2D eigenvalue weighted by Crippen LogP contribution is 1.95. The minimum absolute atomic E-state index is 0.434. The van der Waals surface area contributed by atoms with Crippen LogP contribution >= 0.6 is 0 Å². The average Bonchev–Trinajstić information content (AvgIpc) is 1.61. The summed E-state index contributed by atoms with van der Waals surface area (Å²) < 4.78 is 10.9. The second-order valence-electron chi connectivity index (χ2n) is 1.09. The summed E-state index contributed by atoms with van der Waals surface area (Å²) in [5, 5.41) is 0. The Morgan fingerprint density at radius 2 is 2.33 bits per heavy atom. The van der Waals surface area contributed by atoms with Gasteiger partial charge in [-0.25, -0.2) is 4.39 Å². The van der Waals surface area contributed by atoms with Gasteiger partial charge in [0.25, 0.3) is 0 Å². The molecule has 0 aliphatic rings. The Labute approximate surface area is 38.4 Å². The van der Waals surface area contributed by atoms with E-state index < -0.39 is 0 Å². The zero-order valence-corrected chi connectivity index (χ0v) is 3.71. The van der Waals surface area contributed by atoms with Crippen LogP contribution in [-0.4, -0.2) is 0 Å². The third-order valence-corrected chi connectivity index (χ3v) is 0.521. The molecular weight excluding hydrogens is 79.1 g/mol. The number of hydrogen-bond acceptors (Lipinski definition) is 0. The van der Waals surface area contributed by atoms with Gasteiger partial charge in [-0.1, -0.05) is 19.8 Å². The van der Waals surface area contributed by atoms with E-state index in [1.165, 1.54) is 6.67 Å². The van der Waals surface area contributed by atoms with Crippen LogP contribution < -0.4 is 0 Å². The maximum absolute atomic E-state index is 10.9. The van der Waals surface area contributed by atoms with Crippen LogP contribution in [0.5, 0.6) is 0 Å². The molecule has 0 spiro atoms. The lowest BCUT2D eigenvalue weighted by atomic mass is 10.3. The van der Waals surface area contributed by atoms with Gasteiger partial charge in [-0.3, -0.25) is 0 Å². The Hall–Kier alpha value is -0.0700. The molecule has 1 heteroatoms. The van der Waals surface area contributed by atoms with Gasteiger partial charge in [0.05, 0.1) is 0 Å². The zero-order valence-electron chi connectivity index (χ0n) is 3.71. The molecule has 0 saturated carbocycles. The fourth-order valence-electron chi connectivity index (χ4n) is 0.192. The molecular formula is C5H8F. The van der Waals surface area contributed by atoms with Crippen LogP contribution in [0.4, 0.5) is 4.39 Å². The topological polar surface area (TPSA) is 0 Å². The molecule has 3 radical (unpaired) electrons. The molecule has 0 unspecified atom stereocenters. The lowest BCUT2D eigenvalue weighted by Gasteiger charge is -1.82. The fourth-order valence-corrected chi connectivity index (χ4v) is 0.192. The van der Waals surface area contributed by atoms with Crippen molar-refractivity contribution in [3.63, 3.8) is 0 Å². The summed E-state index contributed by atoms with van der Waals surface area (Å²) >= 11 is 0. The van der Waals surface area contributed by atoms with Crippen LogP contribution in [0.3, 0.4) is 0 Å². The fraction of sp³-hybridized carbons (Fsp3) is 0.600. The van der Waals surface area contributed by atoms with Gasteiger partial charge in [-0.05, 0) is 6.42 Å². The van der Waals surface area contributed by atoms with E-state index in [4.69, 9.17) is 0 Å². The van der Waals surface area contributed by atoms with Gasteiger partial charge >= 0.3 is 0 Å². The maximum Gasteiger partial charge on any atom is 0.185 e. The zero-order chi connectivity index (χ0) is 4.83. The lowest BCUT2D eigenvalue weighted by molar-refractivity contribution is 0.562. The van der Waals surface area contributed by atoms with Crippen molar-refractivity contribution >= 4 is 0 Å².